The van der Waals surface area contributed by atoms with Crippen LogP contribution in [0.25, 0.3) is 5.69 Å². The first-order valence-electron chi connectivity index (χ1n) is 11.0. The average molecular weight is 480 g/mol. The second-order valence-corrected chi connectivity index (χ2v) is 10.2. The molecule has 2 aliphatic heterocycles. The topological polar surface area (TPSA) is 71.3 Å². The quantitative estimate of drug-likeness (QED) is 0.677. The maximum absolute atomic E-state index is 14.1. The molecule has 4 aliphatic rings. The van der Waals surface area contributed by atoms with Gasteiger partial charge in [0.25, 0.3) is 11.8 Å². The van der Waals surface area contributed by atoms with Crippen molar-refractivity contribution in [1.82, 2.24) is 24.6 Å². The molecule has 2 amide bonds. The summed E-state index contributed by atoms with van der Waals surface area (Å²) in [7, 11) is 0. The predicted molar refractivity (Wildman–Crippen MR) is 111 cm³/mol. The Bertz CT molecular complexity index is 1170. The van der Waals surface area contributed by atoms with Crippen LogP contribution in [0, 0.1) is 5.41 Å². The molecule has 2 aromatic rings. The van der Waals surface area contributed by atoms with E-state index in [0.717, 1.165) is 23.4 Å². The van der Waals surface area contributed by atoms with Crippen molar-refractivity contribution in [2.45, 2.75) is 56.8 Å². The molecule has 0 bridgehead atoms. The molecule has 0 unspecified atom stereocenters. The SMILES string of the molecule is O=C(C(F)F)N1Cc2cc(Cl)ccc2-n2c(nnc2C2CC3(C2)CN(C(=O)C2(F)CC2)C3)C1. The number of amides is 2. The smallest absolute Gasteiger partial charge is 0.315 e. The third-order valence-electron chi connectivity index (χ3n) is 7.37. The number of carbonyl (C=O) groups is 2. The number of hydrogen-bond donors (Lipinski definition) is 0. The maximum atomic E-state index is 14.1. The zero-order valence-corrected chi connectivity index (χ0v) is 18.4. The second kappa shape index (κ2) is 6.94. The number of hydrogen-bond acceptors (Lipinski definition) is 4. The lowest BCUT2D eigenvalue weighted by molar-refractivity contribution is -0.158. The predicted octanol–water partition coefficient (Wildman–Crippen LogP) is 3.24. The summed E-state index contributed by atoms with van der Waals surface area (Å²) >= 11 is 6.15. The normalized spacial score (nSPS) is 22.3. The molecule has 0 radical (unpaired) electrons. The molecule has 2 aliphatic carbocycles. The van der Waals surface area contributed by atoms with Crippen LogP contribution in [0.1, 0.15) is 48.8 Å². The van der Waals surface area contributed by atoms with E-state index in [4.69, 9.17) is 11.6 Å². The molecule has 0 atom stereocenters. The third-order valence-corrected chi connectivity index (χ3v) is 7.60. The number of likely N-dealkylation sites (tertiary alicyclic amines) is 1. The van der Waals surface area contributed by atoms with Gasteiger partial charge in [-0.15, -0.1) is 10.2 Å². The van der Waals surface area contributed by atoms with E-state index in [1.165, 1.54) is 0 Å². The van der Waals surface area contributed by atoms with E-state index in [9.17, 15) is 22.8 Å². The Kier molecular flexibility index (Phi) is 4.41. The first-order chi connectivity index (χ1) is 15.7. The van der Waals surface area contributed by atoms with Gasteiger partial charge in [0.1, 0.15) is 5.82 Å². The largest absolute Gasteiger partial charge is 0.339 e. The van der Waals surface area contributed by atoms with Crippen molar-refractivity contribution in [2.24, 2.45) is 5.41 Å². The van der Waals surface area contributed by atoms with Crippen LogP contribution in [0.3, 0.4) is 0 Å². The van der Waals surface area contributed by atoms with Gasteiger partial charge in [0, 0.05) is 36.0 Å². The molecule has 1 aromatic heterocycles. The average Bonchev–Trinajstić information content (AvgIpc) is 3.38. The zero-order valence-electron chi connectivity index (χ0n) is 17.6. The van der Waals surface area contributed by atoms with Gasteiger partial charge < -0.3 is 9.80 Å². The number of benzene rings is 1. The highest BCUT2D eigenvalue weighted by molar-refractivity contribution is 6.30. The molecule has 1 aromatic carbocycles. The van der Waals surface area contributed by atoms with Gasteiger partial charge in [-0.25, -0.2) is 4.39 Å². The lowest BCUT2D eigenvalue weighted by Gasteiger charge is -2.59. The van der Waals surface area contributed by atoms with Gasteiger partial charge in [-0.1, -0.05) is 11.6 Å². The van der Waals surface area contributed by atoms with Crippen molar-refractivity contribution >= 4 is 23.4 Å². The number of nitrogens with zero attached hydrogens (tertiary/aromatic N) is 5. The summed E-state index contributed by atoms with van der Waals surface area (Å²) in [5, 5.41) is 9.04. The van der Waals surface area contributed by atoms with Crippen molar-refractivity contribution in [3.63, 3.8) is 0 Å². The highest BCUT2D eigenvalue weighted by Crippen LogP contribution is 2.57. The Morgan fingerprint density at radius 2 is 1.82 bits per heavy atom. The van der Waals surface area contributed by atoms with Crippen LogP contribution < -0.4 is 0 Å². The van der Waals surface area contributed by atoms with E-state index in [2.05, 4.69) is 10.2 Å². The molecular weight excluding hydrogens is 459 g/mol. The minimum Gasteiger partial charge on any atom is -0.339 e. The zero-order chi connectivity index (χ0) is 23.1. The van der Waals surface area contributed by atoms with Crippen molar-refractivity contribution in [1.29, 1.82) is 0 Å². The van der Waals surface area contributed by atoms with Crippen LogP contribution in [0.15, 0.2) is 18.2 Å². The summed E-state index contributed by atoms with van der Waals surface area (Å²) in [5.74, 6) is -0.451. The number of aromatic nitrogens is 3. The van der Waals surface area contributed by atoms with Gasteiger partial charge in [-0.05, 0) is 49.4 Å². The molecule has 3 heterocycles. The van der Waals surface area contributed by atoms with Crippen LogP contribution in [0.5, 0.6) is 0 Å². The molecule has 2 saturated carbocycles. The number of carbonyl (C=O) groups excluding carboxylic acids is 2. The Hall–Kier alpha value is -2.62. The summed E-state index contributed by atoms with van der Waals surface area (Å²) in [6.45, 7) is 1.02. The second-order valence-electron chi connectivity index (χ2n) is 9.81. The number of rotatable bonds is 3. The molecule has 3 fully saturated rings. The standard InChI is InChI=1S/C22H21ClF3N5O2/c23-14-1-2-15-12(5-14)8-29(19(32)17(24)25)9-16-27-28-18(31(15)16)13-6-21(7-13)10-30(11-21)20(33)22(26)3-4-22/h1-2,5,13,17H,3-4,6-11H2. The fraction of sp³-hybridized carbons (Fsp3) is 0.545. The van der Waals surface area contributed by atoms with E-state index < -0.39 is 18.0 Å². The molecule has 1 saturated heterocycles. The minimum absolute atomic E-state index is 0.00147. The Morgan fingerprint density at radius 1 is 1.09 bits per heavy atom. The number of fused-ring (bicyclic) bond motifs is 3. The van der Waals surface area contributed by atoms with Gasteiger partial charge in [0.05, 0.1) is 12.2 Å². The Balaban J connectivity index is 1.25. The fourth-order valence-corrected chi connectivity index (χ4v) is 5.72. The van der Waals surface area contributed by atoms with Gasteiger partial charge in [0.15, 0.2) is 11.5 Å². The summed E-state index contributed by atoms with van der Waals surface area (Å²) < 4.78 is 42.2. The van der Waals surface area contributed by atoms with Crippen LogP contribution in [0.4, 0.5) is 13.2 Å². The molecule has 0 N–H and O–H groups in total. The first-order valence-corrected chi connectivity index (χ1v) is 11.3. The van der Waals surface area contributed by atoms with E-state index in [-0.39, 0.29) is 30.3 Å². The first kappa shape index (κ1) is 20.9. The maximum Gasteiger partial charge on any atom is 0.315 e. The Labute approximate surface area is 192 Å². The molecule has 174 valence electrons. The van der Waals surface area contributed by atoms with Crippen molar-refractivity contribution < 1.29 is 22.8 Å². The molecule has 7 nitrogen and oxygen atoms in total. The summed E-state index contributed by atoms with van der Waals surface area (Å²) in [4.78, 5) is 27.0. The van der Waals surface area contributed by atoms with Gasteiger partial charge >= 0.3 is 6.43 Å². The lowest BCUT2D eigenvalue weighted by atomic mass is 9.57. The summed E-state index contributed by atoms with van der Waals surface area (Å²) in [6.07, 6.45) is -0.902. The lowest BCUT2D eigenvalue weighted by Crippen LogP contribution is -2.64. The monoisotopic (exact) mass is 479 g/mol. The van der Waals surface area contributed by atoms with E-state index >= 15 is 0 Å². The molecule has 11 heteroatoms. The molecular formula is C22H21ClF3N5O2. The third kappa shape index (κ3) is 3.25. The molecule has 1 spiro atoms. The minimum atomic E-state index is -3.11. The summed E-state index contributed by atoms with van der Waals surface area (Å²) in [5.41, 5.74) is -0.299. The number of alkyl halides is 3. The molecule has 6 rings (SSSR count). The van der Waals surface area contributed by atoms with E-state index in [0.29, 0.717) is 48.2 Å². The Morgan fingerprint density at radius 3 is 2.48 bits per heavy atom. The van der Waals surface area contributed by atoms with E-state index in [1.54, 1.807) is 23.1 Å². The van der Waals surface area contributed by atoms with E-state index in [1.807, 2.05) is 4.57 Å². The van der Waals surface area contributed by atoms with Crippen molar-refractivity contribution in [3.05, 3.63) is 40.4 Å². The van der Waals surface area contributed by atoms with Crippen LogP contribution >= 0.6 is 11.6 Å². The highest BCUT2D eigenvalue weighted by atomic mass is 35.5. The fourth-order valence-electron chi connectivity index (χ4n) is 5.52. The van der Waals surface area contributed by atoms with Crippen molar-refractivity contribution in [2.75, 3.05) is 13.1 Å². The van der Waals surface area contributed by atoms with Crippen LogP contribution in [-0.4, -0.2) is 61.6 Å². The van der Waals surface area contributed by atoms with Crippen molar-refractivity contribution in [3.8, 4) is 5.69 Å². The highest BCUT2D eigenvalue weighted by Gasteiger charge is 2.60. The van der Waals surface area contributed by atoms with Crippen LogP contribution in [-0.2, 0) is 22.7 Å². The summed E-state index contributed by atoms with van der Waals surface area (Å²) in [6, 6.07) is 5.17. The molecule has 33 heavy (non-hydrogen) atoms. The number of halogens is 4. The van der Waals surface area contributed by atoms with Crippen LogP contribution in [0.2, 0.25) is 5.02 Å². The van der Waals surface area contributed by atoms with Gasteiger partial charge in [0.2, 0.25) is 0 Å². The van der Waals surface area contributed by atoms with Gasteiger partial charge in [-0.3, -0.25) is 14.2 Å². The van der Waals surface area contributed by atoms with Gasteiger partial charge in [-0.2, -0.15) is 8.78 Å².